The molecule has 1 fully saturated rings. The van der Waals surface area contributed by atoms with Gasteiger partial charge in [-0.2, -0.15) is 0 Å². The van der Waals surface area contributed by atoms with Gasteiger partial charge < -0.3 is 24.6 Å². The van der Waals surface area contributed by atoms with Crippen LogP contribution in [0.15, 0.2) is 34.9 Å². The van der Waals surface area contributed by atoms with Gasteiger partial charge in [0.25, 0.3) is 5.91 Å². The molecule has 3 N–H and O–H groups in total. The Morgan fingerprint density at radius 1 is 1.36 bits per heavy atom. The lowest BCUT2D eigenvalue weighted by Crippen LogP contribution is -2.35. The van der Waals surface area contributed by atoms with E-state index in [2.05, 4.69) is 5.16 Å². The Balaban J connectivity index is 1.95. The third-order valence-corrected chi connectivity index (χ3v) is 3.91. The maximum Gasteiger partial charge on any atom is 0.488 e. The Labute approximate surface area is 126 Å². The normalized spacial score (nSPS) is 21.5. The van der Waals surface area contributed by atoms with Gasteiger partial charge in [-0.1, -0.05) is 29.4 Å². The number of aromatic nitrogens is 1. The van der Waals surface area contributed by atoms with Crippen molar-refractivity contribution < 1.29 is 24.5 Å². The summed E-state index contributed by atoms with van der Waals surface area (Å²) in [6.07, 6.45) is 0.242. The number of carbonyl (C=O) groups is 1. The van der Waals surface area contributed by atoms with Crippen molar-refractivity contribution >= 4 is 18.5 Å². The minimum absolute atomic E-state index is 0.0896. The largest absolute Gasteiger partial charge is 0.488 e. The summed E-state index contributed by atoms with van der Waals surface area (Å²) >= 11 is 0. The van der Waals surface area contributed by atoms with Crippen LogP contribution in [0.2, 0.25) is 0 Å². The third-order valence-electron chi connectivity index (χ3n) is 3.91. The molecule has 1 aromatic heterocycles. The van der Waals surface area contributed by atoms with Crippen LogP contribution >= 0.6 is 0 Å². The van der Waals surface area contributed by atoms with E-state index >= 15 is 0 Å². The van der Waals surface area contributed by atoms with E-state index in [1.54, 1.807) is 31.3 Å². The Hall–Kier alpha value is -2.16. The number of hydrogen-bond donors (Lipinski definition) is 3. The number of amides is 1. The number of likely N-dealkylation sites (N-methyl/N-ethyl adjacent to an activating group) is 1. The third kappa shape index (κ3) is 2.31. The van der Waals surface area contributed by atoms with Gasteiger partial charge in [-0.05, 0) is 5.46 Å². The molecule has 1 atom stereocenters. The second-order valence-corrected chi connectivity index (χ2v) is 5.41. The Kier molecular flexibility index (Phi) is 3.52. The van der Waals surface area contributed by atoms with Crippen LogP contribution in [-0.2, 0) is 10.4 Å². The Morgan fingerprint density at radius 2 is 2.14 bits per heavy atom. The van der Waals surface area contributed by atoms with Crippen LogP contribution in [0.25, 0.3) is 11.3 Å². The minimum atomic E-state index is -1.69. The lowest BCUT2D eigenvalue weighted by atomic mass is 9.79. The van der Waals surface area contributed by atoms with Crippen LogP contribution in [0.4, 0.5) is 0 Å². The highest BCUT2D eigenvalue weighted by molar-refractivity contribution is 6.58. The summed E-state index contributed by atoms with van der Waals surface area (Å²) in [5.41, 5.74) is -0.359. The van der Waals surface area contributed by atoms with Gasteiger partial charge in [0, 0.05) is 31.6 Å². The summed E-state index contributed by atoms with van der Waals surface area (Å²) in [6.45, 7) is 0.442. The number of nitrogens with zero attached hydrogens (tertiary/aromatic N) is 2. The number of hydrogen-bond acceptors (Lipinski definition) is 6. The maximum absolute atomic E-state index is 12.0. The van der Waals surface area contributed by atoms with E-state index in [1.165, 1.54) is 11.0 Å². The predicted molar refractivity (Wildman–Crippen MR) is 77.9 cm³/mol. The Morgan fingerprint density at radius 3 is 2.77 bits per heavy atom. The fourth-order valence-electron chi connectivity index (χ4n) is 2.55. The Bertz CT molecular complexity index is 717. The zero-order valence-corrected chi connectivity index (χ0v) is 11.9. The summed E-state index contributed by atoms with van der Waals surface area (Å²) in [6, 6.07) is 8.00. The molecule has 0 bridgehead atoms. The SMILES string of the molecule is CN1CC[C@@](O)(c2cc(-c3cccc(B(O)O)c3)no2)C1=O. The average molecular weight is 302 g/mol. The number of benzene rings is 1. The second kappa shape index (κ2) is 5.24. The quantitative estimate of drug-likeness (QED) is 0.633. The van der Waals surface area contributed by atoms with Crippen LogP contribution in [0.3, 0.4) is 0 Å². The van der Waals surface area contributed by atoms with Gasteiger partial charge in [-0.3, -0.25) is 4.79 Å². The first kappa shape index (κ1) is 14.8. The lowest BCUT2D eigenvalue weighted by Gasteiger charge is -2.16. The summed E-state index contributed by atoms with van der Waals surface area (Å²) in [5, 5.41) is 32.8. The summed E-state index contributed by atoms with van der Waals surface area (Å²) in [5.74, 6) is -0.332. The highest BCUT2D eigenvalue weighted by Gasteiger charge is 2.48. The average Bonchev–Trinajstić information content (AvgIpc) is 3.10. The fraction of sp³-hybridized carbons (Fsp3) is 0.286. The van der Waals surface area contributed by atoms with Crippen molar-refractivity contribution in [2.24, 2.45) is 0 Å². The highest BCUT2D eigenvalue weighted by atomic mass is 16.5. The molecule has 1 saturated heterocycles. The molecule has 8 heteroatoms. The van der Waals surface area contributed by atoms with Crippen LogP contribution in [0.1, 0.15) is 12.2 Å². The van der Waals surface area contributed by atoms with Crippen molar-refractivity contribution in [3.05, 3.63) is 36.1 Å². The molecular weight excluding hydrogens is 287 g/mol. The van der Waals surface area contributed by atoms with Gasteiger partial charge in [-0.25, -0.2) is 0 Å². The van der Waals surface area contributed by atoms with Crippen molar-refractivity contribution in [3.63, 3.8) is 0 Å². The topological polar surface area (TPSA) is 107 Å². The van der Waals surface area contributed by atoms with Gasteiger partial charge >= 0.3 is 7.12 Å². The van der Waals surface area contributed by atoms with Crippen molar-refractivity contribution in [2.75, 3.05) is 13.6 Å². The van der Waals surface area contributed by atoms with Crippen molar-refractivity contribution in [1.29, 1.82) is 0 Å². The van der Waals surface area contributed by atoms with E-state index in [1.807, 2.05) is 0 Å². The van der Waals surface area contributed by atoms with E-state index in [-0.39, 0.29) is 12.2 Å². The minimum Gasteiger partial charge on any atom is -0.423 e. The molecular formula is C14H15BN2O5. The van der Waals surface area contributed by atoms with Crippen LogP contribution in [-0.4, -0.2) is 51.8 Å². The molecule has 2 heterocycles. The maximum atomic E-state index is 12.0. The molecule has 22 heavy (non-hydrogen) atoms. The van der Waals surface area contributed by atoms with E-state index in [0.717, 1.165) is 0 Å². The van der Waals surface area contributed by atoms with Gasteiger partial charge in [0.05, 0.1) is 0 Å². The molecule has 3 rings (SSSR count). The molecule has 2 aromatic rings. The van der Waals surface area contributed by atoms with Crippen molar-refractivity contribution in [1.82, 2.24) is 10.1 Å². The molecule has 1 amide bonds. The van der Waals surface area contributed by atoms with E-state index in [0.29, 0.717) is 23.3 Å². The van der Waals surface area contributed by atoms with E-state index < -0.39 is 18.6 Å². The number of carbonyl (C=O) groups excluding carboxylic acids is 1. The molecule has 1 aliphatic rings. The highest BCUT2D eigenvalue weighted by Crippen LogP contribution is 2.34. The molecule has 7 nitrogen and oxygen atoms in total. The number of likely N-dealkylation sites (tertiary alicyclic amines) is 1. The standard InChI is InChI=1S/C14H15BN2O5/c1-17-6-5-14(19,13(17)18)12-8-11(16-22-12)9-3-2-4-10(7-9)15(20)21/h2-4,7-8,19-21H,5-6H2,1H3/t14-/m1/s1. The smallest absolute Gasteiger partial charge is 0.423 e. The zero-order valence-electron chi connectivity index (χ0n) is 11.9. The first-order chi connectivity index (χ1) is 10.4. The molecule has 0 spiro atoms. The molecule has 114 valence electrons. The first-order valence-electron chi connectivity index (χ1n) is 6.83. The van der Waals surface area contributed by atoms with E-state index in [4.69, 9.17) is 4.52 Å². The first-order valence-corrected chi connectivity index (χ1v) is 6.83. The molecule has 0 aliphatic carbocycles. The molecule has 0 radical (unpaired) electrons. The molecule has 0 saturated carbocycles. The van der Waals surface area contributed by atoms with Crippen molar-refractivity contribution in [2.45, 2.75) is 12.0 Å². The molecule has 1 aliphatic heterocycles. The summed E-state index contributed by atoms with van der Waals surface area (Å²) in [4.78, 5) is 13.5. The van der Waals surface area contributed by atoms with Gasteiger partial charge in [0.2, 0.25) is 5.60 Å². The lowest BCUT2D eigenvalue weighted by molar-refractivity contribution is -0.144. The van der Waals surface area contributed by atoms with E-state index in [9.17, 15) is 19.9 Å². The number of rotatable bonds is 3. The monoisotopic (exact) mass is 302 g/mol. The summed E-state index contributed by atoms with van der Waals surface area (Å²) in [7, 11) is 0.0320. The van der Waals surface area contributed by atoms with Gasteiger partial charge in [0.15, 0.2) is 5.76 Å². The van der Waals surface area contributed by atoms with Crippen LogP contribution < -0.4 is 5.46 Å². The zero-order chi connectivity index (χ0) is 15.9. The van der Waals surface area contributed by atoms with Gasteiger partial charge in [0.1, 0.15) is 5.69 Å². The van der Waals surface area contributed by atoms with Crippen LogP contribution in [0.5, 0.6) is 0 Å². The fourth-order valence-corrected chi connectivity index (χ4v) is 2.55. The van der Waals surface area contributed by atoms with Gasteiger partial charge in [-0.15, -0.1) is 0 Å². The summed E-state index contributed by atoms with van der Waals surface area (Å²) < 4.78 is 5.15. The second-order valence-electron chi connectivity index (χ2n) is 5.41. The number of aliphatic hydroxyl groups is 1. The predicted octanol–water partition coefficient (Wildman–Crippen LogP) is -0.929. The molecule has 0 unspecified atom stereocenters. The molecule has 1 aromatic carbocycles. The van der Waals surface area contributed by atoms with Crippen LogP contribution in [0, 0.1) is 0 Å². The van der Waals surface area contributed by atoms with Crippen molar-refractivity contribution in [3.8, 4) is 11.3 Å².